The van der Waals surface area contributed by atoms with Crippen LogP contribution in [0.3, 0.4) is 0 Å². The maximum atomic E-state index is 4.71. The molecular weight excluding hydrogens is 334 g/mol. The minimum absolute atomic E-state index is 0.877. The van der Waals surface area contributed by atoms with Gasteiger partial charge in [0.15, 0.2) is 0 Å². The van der Waals surface area contributed by atoms with E-state index in [-0.39, 0.29) is 0 Å². The lowest BCUT2D eigenvalue weighted by Crippen LogP contribution is -2.46. The summed E-state index contributed by atoms with van der Waals surface area (Å²) in [6.07, 6.45) is 7.02. The van der Waals surface area contributed by atoms with E-state index in [0.717, 1.165) is 63.3 Å². The first-order valence-electron chi connectivity index (χ1n) is 10.1. The fourth-order valence-electron chi connectivity index (χ4n) is 3.87. The zero-order chi connectivity index (χ0) is 18.5. The average Bonchev–Trinajstić information content (AvgIpc) is 3.24. The quantitative estimate of drug-likeness (QED) is 0.815. The van der Waals surface area contributed by atoms with Crippen LogP contribution in [0.1, 0.15) is 24.2 Å². The van der Waals surface area contributed by atoms with E-state index in [0.29, 0.717) is 0 Å². The Hall–Kier alpha value is -2.40. The van der Waals surface area contributed by atoms with Gasteiger partial charge in [-0.05, 0) is 25.3 Å². The zero-order valence-corrected chi connectivity index (χ0v) is 16.2. The molecule has 0 spiro atoms. The van der Waals surface area contributed by atoms with Crippen molar-refractivity contribution in [3.05, 3.63) is 53.9 Å². The molecule has 5 nitrogen and oxygen atoms in total. The molecule has 1 aromatic carbocycles. The van der Waals surface area contributed by atoms with Crippen molar-refractivity contribution in [1.29, 1.82) is 0 Å². The number of hydrogen-bond donors (Lipinski definition) is 0. The Labute approximate surface area is 162 Å². The monoisotopic (exact) mass is 363 g/mol. The molecule has 0 unspecified atom stereocenters. The smallest absolute Gasteiger partial charge is 0.134 e. The van der Waals surface area contributed by atoms with E-state index in [1.54, 1.807) is 0 Å². The van der Waals surface area contributed by atoms with Crippen LogP contribution in [0.25, 0.3) is 6.08 Å². The summed E-state index contributed by atoms with van der Waals surface area (Å²) < 4.78 is 0. The van der Waals surface area contributed by atoms with Crippen LogP contribution in [-0.4, -0.2) is 60.7 Å². The summed E-state index contributed by atoms with van der Waals surface area (Å²) >= 11 is 0. The molecule has 0 atom stereocenters. The Morgan fingerprint density at radius 2 is 1.48 bits per heavy atom. The fraction of sp³-hybridized carbons (Fsp3) is 0.455. The third-order valence-electron chi connectivity index (χ3n) is 5.41. The summed E-state index contributed by atoms with van der Waals surface area (Å²) in [7, 11) is 0. The minimum Gasteiger partial charge on any atom is -0.356 e. The summed E-state index contributed by atoms with van der Waals surface area (Å²) in [6, 6.07) is 12.7. The highest BCUT2D eigenvalue weighted by Gasteiger charge is 2.20. The fourth-order valence-corrected chi connectivity index (χ4v) is 3.87. The highest BCUT2D eigenvalue weighted by Crippen LogP contribution is 2.23. The molecule has 0 N–H and O–H groups in total. The molecule has 2 aliphatic rings. The van der Waals surface area contributed by atoms with Crippen LogP contribution >= 0.6 is 0 Å². The maximum Gasteiger partial charge on any atom is 0.134 e. The number of aromatic nitrogens is 2. The Morgan fingerprint density at radius 3 is 2.15 bits per heavy atom. The molecule has 0 amide bonds. The van der Waals surface area contributed by atoms with Gasteiger partial charge in [0.05, 0.1) is 0 Å². The van der Waals surface area contributed by atoms with Gasteiger partial charge in [0, 0.05) is 51.9 Å². The van der Waals surface area contributed by atoms with Crippen molar-refractivity contribution >= 4 is 17.7 Å². The predicted molar refractivity (Wildman–Crippen MR) is 112 cm³/mol. The third-order valence-corrected chi connectivity index (χ3v) is 5.41. The first kappa shape index (κ1) is 18.0. The Kier molecular flexibility index (Phi) is 5.68. The topological polar surface area (TPSA) is 35.5 Å². The van der Waals surface area contributed by atoms with Gasteiger partial charge < -0.3 is 9.80 Å². The van der Waals surface area contributed by atoms with Crippen molar-refractivity contribution in [2.45, 2.75) is 19.8 Å². The van der Waals surface area contributed by atoms with Crippen LogP contribution in [0.4, 0.5) is 11.6 Å². The van der Waals surface area contributed by atoms with Crippen molar-refractivity contribution in [3.63, 3.8) is 0 Å². The van der Waals surface area contributed by atoms with Crippen molar-refractivity contribution in [3.8, 4) is 0 Å². The second-order valence-corrected chi connectivity index (χ2v) is 7.43. The number of hydrogen-bond acceptors (Lipinski definition) is 5. The standard InChI is InChI=1S/C22H29N5/c1-19-23-21(26-12-5-6-13-26)18-22(24-19)27-16-14-25(15-17-27)11-7-10-20-8-3-2-4-9-20/h2-4,7-10,18H,5-6,11-17H2,1H3/b10-7+. The first-order chi connectivity index (χ1) is 13.3. The van der Waals surface area contributed by atoms with Gasteiger partial charge in [-0.2, -0.15) is 0 Å². The molecule has 5 heteroatoms. The summed E-state index contributed by atoms with van der Waals surface area (Å²) in [5.74, 6) is 3.06. The molecule has 3 heterocycles. The highest BCUT2D eigenvalue weighted by molar-refractivity contribution is 5.52. The molecule has 2 aromatic rings. The van der Waals surface area contributed by atoms with E-state index in [1.807, 2.05) is 6.92 Å². The van der Waals surface area contributed by atoms with Crippen LogP contribution < -0.4 is 9.80 Å². The maximum absolute atomic E-state index is 4.71. The number of rotatable bonds is 5. The van der Waals surface area contributed by atoms with Gasteiger partial charge in [-0.25, -0.2) is 9.97 Å². The minimum atomic E-state index is 0.877. The molecule has 2 aliphatic heterocycles. The number of aryl methyl sites for hydroxylation is 1. The molecule has 142 valence electrons. The van der Waals surface area contributed by atoms with Crippen molar-refractivity contribution < 1.29 is 0 Å². The van der Waals surface area contributed by atoms with Crippen molar-refractivity contribution in [1.82, 2.24) is 14.9 Å². The molecule has 27 heavy (non-hydrogen) atoms. The molecule has 4 rings (SSSR count). The normalized spacial score (nSPS) is 18.6. The van der Waals surface area contributed by atoms with Gasteiger partial charge in [-0.3, -0.25) is 4.90 Å². The lowest BCUT2D eigenvalue weighted by Gasteiger charge is -2.35. The second kappa shape index (κ2) is 8.53. The number of benzene rings is 1. The van der Waals surface area contributed by atoms with E-state index in [1.165, 1.54) is 18.4 Å². The van der Waals surface area contributed by atoms with Crippen LogP contribution in [0, 0.1) is 6.92 Å². The van der Waals surface area contributed by atoms with Gasteiger partial charge in [0.25, 0.3) is 0 Å². The second-order valence-electron chi connectivity index (χ2n) is 7.43. The van der Waals surface area contributed by atoms with Gasteiger partial charge in [-0.15, -0.1) is 0 Å². The summed E-state index contributed by atoms with van der Waals surface area (Å²) in [4.78, 5) is 16.7. The van der Waals surface area contributed by atoms with Crippen molar-refractivity contribution in [2.75, 3.05) is 55.6 Å². The lowest BCUT2D eigenvalue weighted by atomic mass is 10.2. The molecule has 0 aliphatic carbocycles. The van der Waals surface area contributed by atoms with Crippen LogP contribution in [0.15, 0.2) is 42.5 Å². The van der Waals surface area contributed by atoms with E-state index in [9.17, 15) is 0 Å². The Bertz CT molecular complexity index is 760. The van der Waals surface area contributed by atoms with E-state index >= 15 is 0 Å². The van der Waals surface area contributed by atoms with Crippen LogP contribution in [0.2, 0.25) is 0 Å². The molecule has 1 aromatic heterocycles. The van der Waals surface area contributed by atoms with Gasteiger partial charge >= 0.3 is 0 Å². The predicted octanol–water partition coefficient (Wildman–Crippen LogP) is 3.22. The summed E-state index contributed by atoms with van der Waals surface area (Å²) in [6.45, 7) is 9.44. The van der Waals surface area contributed by atoms with Crippen LogP contribution in [0.5, 0.6) is 0 Å². The highest BCUT2D eigenvalue weighted by atomic mass is 15.3. The molecule has 0 saturated carbocycles. The summed E-state index contributed by atoms with van der Waals surface area (Å²) in [5, 5.41) is 0. The largest absolute Gasteiger partial charge is 0.356 e. The third kappa shape index (κ3) is 4.66. The first-order valence-corrected chi connectivity index (χ1v) is 10.1. The van der Waals surface area contributed by atoms with E-state index in [4.69, 9.17) is 4.98 Å². The number of nitrogens with zero attached hydrogens (tertiary/aromatic N) is 5. The van der Waals surface area contributed by atoms with Crippen LogP contribution in [-0.2, 0) is 0 Å². The number of anilines is 2. The Balaban J connectivity index is 1.33. The SMILES string of the molecule is Cc1nc(N2CCCC2)cc(N2CCN(C/C=C/c3ccccc3)CC2)n1. The van der Waals surface area contributed by atoms with Crippen molar-refractivity contribution in [2.24, 2.45) is 0 Å². The zero-order valence-electron chi connectivity index (χ0n) is 16.2. The Morgan fingerprint density at radius 1 is 0.852 bits per heavy atom. The molecule has 0 radical (unpaired) electrons. The van der Waals surface area contributed by atoms with E-state index in [2.05, 4.69) is 68.2 Å². The molecular formula is C22H29N5. The summed E-state index contributed by atoms with van der Waals surface area (Å²) in [5.41, 5.74) is 1.27. The van der Waals surface area contributed by atoms with Gasteiger partial charge in [-0.1, -0.05) is 42.5 Å². The lowest BCUT2D eigenvalue weighted by molar-refractivity contribution is 0.283. The van der Waals surface area contributed by atoms with Gasteiger partial charge in [0.1, 0.15) is 17.5 Å². The molecule has 2 fully saturated rings. The molecule has 0 bridgehead atoms. The number of piperazine rings is 1. The van der Waals surface area contributed by atoms with E-state index < -0.39 is 0 Å². The van der Waals surface area contributed by atoms with Gasteiger partial charge in [0.2, 0.25) is 0 Å². The average molecular weight is 364 g/mol. The molecule has 2 saturated heterocycles.